The van der Waals surface area contributed by atoms with E-state index in [-0.39, 0.29) is 0 Å². The summed E-state index contributed by atoms with van der Waals surface area (Å²) in [6.07, 6.45) is 16.1. The van der Waals surface area contributed by atoms with Crippen LogP contribution >= 0.6 is 0 Å². The molecule has 3 rings (SSSR count). The summed E-state index contributed by atoms with van der Waals surface area (Å²) in [5, 5.41) is 17.6. The van der Waals surface area contributed by atoms with Gasteiger partial charge in [0.05, 0.1) is 23.3 Å². The molecule has 0 aliphatic heterocycles. The zero-order valence-corrected chi connectivity index (χ0v) is 16.4. The van der Waals surface area contributed by atoms with Crippen LogP contribution in [0.4, 0.5) is 0 Å². The standard InChI is InChI=1S/C28H20N2/c29-21-27-17-13-25(14-18-27)7-3-1-5-23-9-11-24(12-10-23)6-2-4-8-26-15-19-28(22-30)20-16-26/h1-20H/b5-1+,6-2+,7-3+,8-4+. The van der Waals surface area contributed by atoms with Crippen molar-refractivity contribution in [3.8, 4) is 12.1 Å². The molecule has 0 atom stereocenters. The van der Waals surface area contributed by atoms with Gasteiger partial charge in [0.2, 0.25) is 0 Å². The van der Waals surface area contributed by atoms with E-state index in [2.05, 4.69) is 48.6 Å². The Morgan fingerprint density at radius 2 is 0.633 bits per heavy atom. The van der Waals surface area contributed by atoms with Crippen molar-refractivity contribution in [2.75, 3.05) is 0 Å². The summed E-state index contributed by atoms with van der Waals surface area (Å²) in [6.45, 7) is 0. The first-order valence-electron chi connectivity index (χ1n) is 9.57. The second kappa shape index (κ2) is 10.8. The third-order valence-electron chi connectivity index (χ3n) is 4.39. The van der Waals surface area contributed by atoms with Crippen LogP contribution in [0.25, 0.3) is 24.3 Å². The highest BCUT2D eigenvalue weighted by Crippen LogP contribution is 2.10. The molecule has 3 aromatic carbocycles. The number of rotatable bonds is 6. The van der Waals surface area contributed by atoms with Gasteiger partial charge in [-0.15, -0.1) is 0 Å². The van der Waals surface area contributed by atoms with Gasteiger partial charge in [-0.1, -0.05) is 97.1 Å². The van der Waals surface area contributed by atoms with E-state index < -0.39 is 0 Å². The third-order valence-corrected chi connectivity index (χ3v) is 4.39. The van der Waals surface area contributed by atoms with Crippen molar-refractivity contribution in [3.05, 3.63) is 130 Å². The summed E-state index contributed by atoms with van der Waals surface area (Å²) in [6, 6.07) is 27.5. The lowest BCUT2D eigenvalue weighted by Crippen LogP contribution is -1.75. The molecule has 2 nitrogen and oxygen atoms in total. The summed E-state index contributed by atoms with van der Waals surface area (Å²) in [5.74, 6) is 0. The molecule has 142 valence electrons. The normalized spacial score (nSPS) is 11.4. The molecule has 0 N–H and O–H groups in total. The second-order valence-corrected chi connectivity index (χ2v) is 6.57. The molecule has 30 heavy (non-hydrogen) atoms. The Morgan fingerprint density at radius 3 is 0.867 bits per heavy atom. The molecule has 0 spiro atoms. The van der Waals surface area contributed by atoms with E-state index >= 15 is 0 Å². The van der Waals surface area contributed by atoms with Gasteiger partial charge in [0.1, 0.15) is 0 Å². The van der Waals surface area contributed by atoms with Crippen molar-refractivity contribution in [1.29, 1.82) is 10.5 Å². The predicted octanol–water partition coefficient (Wildman–Crippen LogP) is 6.88. The highest BCUT2D eigenvalue weighted by molar-refractivity contribution is 5.61. The van der Waals surface area contributed by atoms with Gasteiger partial charge in [-0.2, -0.15) is 10.5 Å². The smallest absolute Gasteiger partial charge is 0.0991 e. The van der Waals surface area contributed by atoms with Crippen molar-refractivity contribution < 1.29 is 0 Å². The monoisotopic (exact) mass is 384 g/mol. The molecule has 0 saturated carbocycles. The van der Waals surface area contributed by atoms with Gasteiger partial charge >= 0.3 is 0 Å². The Labute approximate surface area is 177 Å². The number of hydrogen-bond donors (Lipinski definition) is 0. The zero-order valence-electron chi connectivity index (χ0n) is 16.4. The minimum absolute atomic E-state index is 0.668. The van der Waals surface area contributed by atoms with Crippen molar-refractivity contribution in [2.24, 2.45) is 0 Å². The van der Waals surface area contributed by atoms with Crippen molar-refractivity contribution in [1.82, 2.24) is 0 Å². The molecule has 0 saturated heterocycles. The summed E-state index contributed by atoms with van der Waals surface area (Å²) in [5.41, 5.74) is 5.72. The molecule has 0 aromatic heterocycles. The van der Waals surface area contributed by atoms with Crippen LogP contribution in [0.5, 0.6) is 0 Å². The summed E-state index contributed by atoms with van der Waals surface area (Å²) in [7, 11) is 0. The highest BCUT2D eigenvalue weighted by atomic mass is 14.2. The second-order valence-electron chi connectivity index (χ2n) is 6.57. The molecule has 0 amide bonds. The highest BCUT2D eigenvalue weighted by Gasteiger charge is 1.90. The maximum Gasteiger partial charge on any atom is 0.0991 e. The molecule has 0 heterocycles. The molecule has 0 aliphatic carbocycles. The molecular weight excluding hydrogens is 364 g/mol. The Kier molecular flexibility index (Phi) is 7.33. The maximum atomic E-state index is 8.82. The molecule has 0 aliphatic rings. The molecule has 0 fully saturated rings. The average Bonchev–Trinajstić information content (AvgIpc) is 2.81. The fraction of sp³-hybridized carbons (Fsp3) is 0. The SMILES string of the molecule is N#Cc1ccc(/C=C/C=C/c2ccc(/C=C/C=C/c3ccc(C#N)cc3)cc2)cc1. The number of allylic oxidation sites excluding steroid dienone is 4. The lowest BCUT2D eigenvalue weighted by Gasteiger charge is -1.95. The van der Waals surface area contributed by atoms with E-state index in [1.54, 1.807) is 0 Å². The van der Waals surface area contributed by atoms with E-state index in [9.17, 15) is 0 Å². The number of nitrogens with zero attached hydrogens (tertiary/aromatic N) is 2. The predicted molar refractivity (Wildman–Crippen MR) is 125 cm³/mol. The van der Waals surface area contributed by atoms with Crippen molar-refractivity contribution in [2.45, 2.75) is 0 Å². The Hall–Kier alpha value is -4.40. The summed E-state index contributed by atoms with van der Waals surface area (Å²) < 4.78 is 0. The third kappa shape index (κ3) is 6.34. The fourth-order valence-corrected chi connectivity index (χ4v) is 2.72. The first-order chi connectivity index (χ1) is 14.8. The molecule has 2 heteroatoms. The first kappa shape index (κ1) is 20.3. The Bertz CT molecular complexity index is 1060. The number of benzene rings is 3. The van der Waals surface area contributed by atoms with Crippen LogP contribution < -0.4 is 0 Å². The van der Waals surface area contributed by atoms with Crippen LogP contribution in [0.2, 0.25) is 0 Å². The molecule has 0 unspecified atom stereocenters. The van der Waals surface area contributed by atoms with Crippen LogP contribution in [0, 0.1) is 22.7 Å². The Morgan fingerprint density at radius 1 is 0.400 bits per heavy atom. The van der Waals surface area contributed by atoms with Gasteiger partial charge in [-0.05, 0) is 46.5 Å². The Balaban J connectivity index is 1.52. The van der Waals surface area contributed by atoms with Crippen LogP contribution in [-0.4, -0.2) is 0 Å². The van der Waals surface area contributed by atoms with E-state index in [4.69, 9.17) is 10.5 Å². The molecule has 3 aromatic rings. The van der Waals surface area contributed by atoms with Crippen LogP contribution in [0.1, 0.15) is 33.4 Å². The molecular formula is C28H20N2. The van der Waals surface area contributed by atoms with E-state index in [0.717, 1.165) is 22.3 Å². The summed E-state index contributed by atoms with van der Waals surface area (Å²) in [4.78, 5) is 0. The number of nitriles is 2. The molecule has 0 radical (unpaired) electrons. The van der Waals surface area contributed by atoms with Gasteiger partial charge in [-0.3, -0.25) is 0 Å². The van der Waals surface area contributed by atoms with Gasteiger partial charge in [0, 0.05) is 0 Å². The van der Waals surface area contributed by atoms with E-state index in [1.165, 1.54) is 0 Å². The molecule has 0 bridgehead atoms. The topological polar surface area (TPSA) is 47.6 Å². The fourth-order valence-electron chi connectivity index (χ4n) is 2.72. The largest absolute Gasteiger partial charge is 0.192 e. The minimum Gasteiger partial charge on any atom is -0.192 e. The van der Waals surface area contributed by atoms with Crippen LogP contribution in [0.15, 0.2) is 97.1 Å². The van der Waals surface area contributed by atoms with E-state index in [1.807, 2.05) is 85.0 Å². The quantitative estimate of drug-likeness (QED) is 0.435. The number of hydrogen-bond acceptors (Lipinski definition) is 2. The van der Waals surface area contributed by atoms with E-state index in [0.29, 0.717) is 11.1 Å². The lowest BCUT2D eigenvalue weighted by molar-refractivity contribution is 1.48. The zero-order chi connectivity index (χ0) is 21.0. The van der Waals surface area contributed by atoms with Gasteiger partial charge < -0.3 is 0 Å². The first-order valence-corrected chi connectivity index (χ1v) is 9.57. The van der Waals surface area contributed by atoms with Crippen LogP contribution in [0.3, 0.4) is 0 Å². The lowest BCUT2D eigenvalue weighted by atomic mass is 10.1. The maximum absolute atomic E-state index is 8.82. The summed E-state index contributed by atoms with van der Waals surface area (Å²) >= 11 is 0. The van der Waals surface area contributed by atoms with Gasteiger partial charge in [0.25, 0.3) is 0 Å². The minimum atomic E-state index is 0.668. The average molecular weight is 384 g/mol. The van der Waals surface area contributed by atoms with Crippen LogP contribution in [-0.2, 0) is 0 Å². The van der Waals surface area contributed by atoms with Crippen molar-refractivity contribution in [3.63, 3.8) is 0 Å². The van der Waals surface area contributed by atoms with Crippen molar-refractivity contribution >= 4 is 24.3 Å². The van der Waals surface area contributed by atoms with Gasteiger partial charge in [-0.25, -0.2) is 0 Å². The van der Waals surface area contributed by atoms with Gasteiger partial charge in [0.15, 0.2) is 0 Å².